The van der Waals surface area contributed by atoms with Crippen LogP contribution in [0.2, 0.25) is 0 Å². The molecule has 1 N–H and O–H groups in total. The van der Waals surface area contributed by atoms with E-state index in [0.29, 0.717) is 11.4 Å². The van der Waals surface area contributed by atoms with E-state index in [1.165, 1.54) is 6.42 Å². The van der Waals surface area contributed by atoms with Gasteiger partial charge in [-0.15, -0.1) is 0 Å². The van der Waals surface area contributed by atoms with Crippen molar-refractivity contribution in [3.05, 3.63) is 10.6 Å². The number of hydrogen-bond donors (Lipinski definition) is 1. The molecule has 0 aliphatic carbocycles. The highest BCUT2D eigenvalue weighted by Crippen LogP contribution is 1.99. The van der Waals surface area contributed by atoms with E-state index in [2.05, 4.69) is 24.0 Å². The van der Waals surface area contributed by atoms with Crippen molar-refractivity contribution in [2.24, 2.45) is 0 Å². The van der Waals surface area contributed by atoms with Crippen molar-refractivity contribution in [3.63, 3.8) is 0 Å². The summed E-state index contributed by atoms with van der Waals surface area (Å²) in [4.78, 5) is 0. The topological polar surface area (TPSA) is 42.8 Å². The van der Waals surface area contributed by atoms with E-state index in [-0.39, 0.29) is 0 Å². The Hall–Kier alpha value is -0.680. The predicted molar refractivity (Wildman–Crippen MR) is 62.5 cm³/mol. The van der Waals surface area contributed by atoms with Crippen LogP contribution in [0.15, 0.2) is 0 Å². The lowest BCUT2D eigenvalue weighted by atomic mass is 10.4. The fourth-order valence-corrected chi connectivity index (χ4v) is 1.60. The van der Waals surface area contributed by atoms with E-state index >= 15 is 0 Å². The van der Waals surface area contributed by atoms with Gasteiger partial charge in [0.05, 0.1) is 6.61 Å². The average molecular weight is 229 g/mol. The monoisotopic (exact) mass is 229 g/mol. The van der Waals surface area contributed by atoms with Gasteiger partial charge >= 0.3 is 0 Å². The Labute approximate surface area is 95.7 Å². The van der Waals surface area contributed by atoms with Gasteiger partial charge in [0, 0.05) is 19.6 Å². The van der Waals surface area contributed by atoms with Crippen LogP contribution in [0, 0.1) is 4.77 Å². The minimum absolute atomic E-state index is 0.686. The van der Waals surface area contributed by atoms with Crippen LogP contribution in [-0.4, -0.2) is 28.0 Å². The van der Waals surface area contributed by atoms with Crippen molar-refractivity contribution in [2.75, 3.05) is 13.2 Å². The summed E-state index contributed by atoms with van der Waals surface area (Å²) in [5, 5.41) is 6.94. The Morgan fingerprint density at radius 2 is 2.20 bits per heavy atom. The smallest absolute Gasteiger partial charge is 0.195 e. The molecule has 0 atom stereocenters. The maximum atomic E-state index is 5.49. The highest BCUT2D eigenvalue weighted by molar-refractivity contribution is 7.71. The molecule has 0 fully saturated rings. The summed E-state index contributed by atoms with van der Waals surface area (Å²) in [5.41, 5.74) is 0. The third kappa shape index (κ3) is 3.76. The Kier molecular flexibility index (Phi) is 5.57. The fraction of sp³-hybridized carbons (Fsp3) is 0.800. The number of ether oxygens (including phenoxy) is 1. The van der Waals surface area contributed by atoms with Crippen LogP contribution in [0.5, 0.6) is 0 Å². The van der Waals surface area contributed by atoms with Gasteiger partial charge in [0.2, 0.25) is 0 Å². The SMILES string of the molecule is CCCCOCCn1c(CC)n[nH]c1=S. The second-order valence-electron chi connectivity index (χ2n) is 3.42. The summed E-state index contributed by atoms with van der Waals surface area (Å²) >= 11 is 5.13. The highest BCUT2D eigenvalue weighted by atomic mass is 32.1. The predicted octanol–water partition coefficient (Wildman–Crippen LogP) is 2.32. The normalized spacial score (nSPS) is 10.8. The van der Waals surface area contributed by atoms with Crippen molar-refractivity contribution in [1.29, 1.82) is 0 Å². The van der Waals surface area contributed by atoms with Crippen LogP contribution in [0.4, 0.5) is 0 Å². The second kappa shape index (κ2) is 6.74. The zero-order valence-corrected chi connectivity index (χ0v) is 10.3. The molecule has 1 rings (SSSR count). The number of rotatable bonds is 7. The quantitative estimate of drug-likeness (QED) is 0.576. The Balaban J connectivity index is 2.36. The van der Waals surface area contributed by atoms with Crippen molar-refractivity contribution < 1.29 is 4.74 Å². The summed E-state index contributed by atoms with van der Waals surface area (Å²) in [6.07, 6.45) is 3.19. The van der Waals surface area contributed by atoms with Gasteiger partial charge in [-0.2, -0.15) is 5.10 Å². The van der Waals surface area contributed by atoms with Crippen molar-refractivity contribution in [2.45, 2.75) is 39.7 Å². The summed E-state index contributed by atoms with van der Waals surface area (Å²) in [6.45, 7) is 6.57. The standard InChI is InChI=1S/C10H19N3OS/c1-3-5-7-14-8-6-13-9(4-2)11-12-10(13)15/h3-8H2,1-2H3,(H,12,15). The molecule has 5 heteroatoms. The van der Waals surface area contributed by atoms with Gasteiger partial charge in [0.25, 0.3) is 0 Å². The number of aromatic amines is 1. The fourth-order valence-electron chi connectivity index (χ4n) is 1.36. The maximum absolute atomic E-state index is 5.49. The number of unbranched alkanes of at least 4 members (excludes halogenated alkanes) is 1. The van der Waals surface area contributed by atoms with Crippen LogP contribution in [0.25, 0.3) is 0 Å². The molecule has 0 saturated heterocycles. The lowest BCUT2D eigenvalue weighted by Gasteiger charge is -2.06. The minimum Gasteiger partial charge on any atom is -0.380 e. The molecule has 0 amide bonds. The lowest BCUT2D eigenvalue weighted by molar-refractivity contribution is 0.122. The largest absolute Gasteiger partial charge is 0.380 e. The number of aromatic nitrogens is 3. The van der Waals surface area contributed by atoms with Crippen LogP contribution in [0.3, 0.4) is 0 Å². The zero-order chi connectivity index (χ0) is 11.1. The number of nitrogens with zero attached hydrogens (tertiary/aromatic N) is 2. The van der Waals surface area contributed by atoms with Gasteiger partial charge in [0.1, 0.15) is 5.82 Å². The van der Waals surface area contributed by atoms with Crippen LogP contribution >= 0.6 is 12.2 Å². The first kappa shape index (κ1) is 12.4. The lowest BCUT2D eigenvalue weighted by Crippen LogP contribution is -2.09. The molecular weight excluding hydrogens is 210 g/mol. The number of nitrogens with one attached hydrogen (secondary N) is 1. The molecule has 0 aliphatic rings. The molecule has 0 saturated carbocycles. The van der Waals surface area contributed by atoms with Crippen molar-refractivity contribution in [3.8, 4) is 0 Å². The molecule has 1 aromatic rings. The van der Waals surface area contributed by atoms with Gasteiger partial charge in [-0.1, -0.05) is 20.3 Å². The van der Waals surface area contributed by atoms with E-state index in [9.17, 15) is 0 Å². The Bertz CT molecular complexity index is 332. The summed E-state index contributed by atoms with van der Waals surface area (Å²) < 4.78 is 8.18. The van der Waals surface area contributed by atoms with Gasteiger partial charge < -0.3 is 9.30 Å². The maximum Gasteiger partial charge on any atom is 0.195 e. The molecule has 0 spiro atoms. The second-order valence-corrected chi connectivity index (χ2v) is 3.80. The van der Waals surface area contributed by atoms with Gasteiger partial charge in [-0.3, -0.25) is 5.10 Å². The third-order valence-electron chi connectivity index (χ3n) is 2.26. The van der Waals surface area contributed by atoms with Gasteiger partial charge in [0.15, 0.2) is 4.77 Å². The van der Waals surface area contributed by atoms with E-state index in [4.69, 9.17) is 17.0 Å². The highest BCUT2D eigenvalue weighted by Gasteiger charge is 2.02. The van der Waals surface area contributed by atoms with Gasteiger partial charge in [-0.05, 0) is 18.6 Å². The van der Waals surface area contributed by atoms with E-state index in [0.717, 1.165) is 31.8 Å². The molecule has 15 heavy (non-hydrogen) atoms. The molecule has 86 valence electrons. The number of aryl methyl sites for hydroxylation is 1. The van der Waals surface area contributed by atoms with Crippen molar-refractivity contribution in [1.82, 2.24) is 14.8 Å². The first-order valence-electron chi connectivity index (χ1n) is 5.51. The first-order valence-corrected chi connectivity index (χ1v) is 5.92. The van der Waals surface area contributed by atoms with Crippen LogP contribution < -0.4 is 0 Å². The number of H-pyrrole nitrogens is 1. The molecular formula is C10H19N3OS. The third-order valence-corrected chi connectivity index (χ3v) is 2.57. The Morgan fingerprint density at radius 1 is 1.40 bits per heavy atom. The number of hydrogen-bond acceptors (Lipinski definition) is 3. The molecule has 1 aromatic heterocycles. The zero-order valence-electron chi connectivity index (χ0n) is 9.45. The molecule has 0 aliphatic heterocycles. The molecule has 0 radical (unpaired) electrons. The van der Waals surface area contributed by atoms with Crippen LogP contribution in [-0.2, 0) is 17.7 Å². The van der Waals surface area contributed by atoms with Crippen LogP contribution in [0.1, 0.15) is 32.5 Å². The minimum atomic E-state index is 0.686. The molecule has 4 nitrogen and oxygen atoms in total. The first-order chi connectivity index (χ1) is 7.29. The van der Waals surface area contributed by atoms with Crippen molar-refractivity contribution >= 4 is 12.2 Å². The molecule has 0 aromatic carbocycles. The van der Waals surface area contributed by atoms with E-state index in [1.54, 1.807) is 0 Å². The summed E-state index contributed by atoms with van der Waals surface area (Å²) in [6, 6.07) is 0. The molecule has 1 heterocycles. The molecule has 0 bridgehead atoms. The Morgan fingerprint density at radius 3 is 2.87 bits per heavy atom. The summed E-state index contributed by atoms with van der Waals surface area (Å²) in [7, 11) is 0. The van der Waals surface area contributed by atoms with E-state index < -0.39 is 0 Å². The molecule has 0 unspecified atom stereocenters. The summed E-state index contributed by atoms with van der Waals surface area (Å²) in [5.74, 6) is 0.999. The van der Waals surface area contributed by atoms with Gasteiger partial charge in [-0.25, -0.2) is 0 Å². The average Bonchev–Trinajstić information content (AvgIpc) is 2.60. The van der Waals surface area contributed by atoms with E-state index in [1.807, 2.05) is 4.57 Å².